The standard InChI is InChI=1S/C19H18F3N3OS/c20-19(21,22)12-9-14(25-18(26)11-5-7-23-8-6-11)17-16(10-12)27-15-4-2-1-3-13(15)24-17/h1-4,9-11,23-24H,5-8H2,(H,25,26). The Morgan fingerprint density at radius 1 is 1.11 bits per heavy atom. The van der Waals surface area contributed by atoms with Gasteiger partial charge >= 0.3 is 6.18 Å². The highest BCUT2D eigenvalue weighted by Crippen LogP contribution is 2.49. The molecule has 2 aromatic rings. The Morgan fingerprint density at radius 3 is 2.59 bits per heavy atom. The number of fused-ring (bicyclic) bond motifs is 2. The lowest BCUT2D eigenvalue weighted by atomic mass is 9.97. The summed E-state index contributed by atoms with van der Waals surface area (Å²) in [5, 5.41) is 9.10. The molecule has 0 radical (unpaired) electrons. The number of hydrogen-bond donors (Lipinski definition) is 3. The van der Waals surface area contributed by atoms with Gasteiger partial charge in [-0.1, -0.05) is 23.9 Å². The summed E-state index contributed by atoms with van der Waals surface area (Å²) in [5.41, 5.74) is 0.724. The second-order valence-corrected chi connectivity index (χ2v) is 7.72. The van der Waals surface area contributed by atoms with Crippen LogP contribution in [-0.4, -0.2) is 19.0 Å². The maximum atomic E-state index is 13.4. The normalized spacial score (nSPS) is 16.9. The number of halogens is 3. The van der Waals surface area contributed by atoms with Crippen LogP contribution in [0.2, 0.25) is 0 Å². The number of carbonyl (C=O) groups is 1. The molecular weight excluding hydrogens is 375 g/mol. The van der Waals surface area contributed by atoms with Crippen LogP contribution in [0.1, 0.15) is 18.4 Å². The Labute approximate surface area is 158 Å². The molecule has 1 saturated heterocycles. The smallest absolute Gasteiger partial charge is 0.352 e. The molecule has 0 spiro atoms. The van der Waals surface area contributed by atoms with Crippen molar-refractivity contribution >= 4 is 34.7 Å². The first-order chi connectivity index (χ1) is 12.9. The van der Waals surface area contributed by atoms with E-state index in [-0.39, 0.29) is 17.5 Å². The van der Waals surface area contributed by atoms with E-state index in [1.165, 1.54) is 11.8 Å². The molecule has 2 aromatic carbocycles. The molecule has 0 aromatic heterocycles. The lowest BCUT2D eigenvalue weighted by molar-refractivity contribution is -0.137. The number of hydrogen-bond acceptors (Lipinski definition) is 4. The molecule has 2 heterocycles. The maximum Gasteiger partial charge on any atom is 0.416 e. The van der Waals surface area contributed by atoms with Crippen LogP contribution in [0.15, 0.2) is 46.2 Å². The number of para-hydroxylation sites is 1. The zero-order chi connectivity index (χ0) is 19.0. The summed E-state index contributed by atoms with van der Waals surface area (Å²) in [6.45, 7) is 1.47. The first-order valence-corrected chi connectivity index (χ1v) is 9.54. The van der Waals surface area contributed by atoms with E-state index in [0.717, 1.165) is 35.8 Å². The summed E-state index contributed by atoms with van der Waals surface area (Å²) in [7, 11) is 0. The molecule has 0 saturated carbocycles. The van der Waals surface area contributed by atoms with Gasteiger partial charge < -0.3 is 16.0 Å². The van der Waals surface area contributed by atoms with Crippen LogP contribution >= 0.6 is 11.8 Å². The molecule has 1 amide bonds. The SMILES string of the molecule is O=C(Nc1cc(C(F)(F)F)cc2c1Nc1ccccc1S2)C1CCNCC1. The van der Waals surface area contributed by atoms with Gasteiger partial charge in [0.1, 0.15) is 0 Å². The van der Waals surface area contributed by atoms with Gasteiger partial charge in [0.25, 0.3) is 0 Å². The average molecular weight is 393 g/mol. The molecular formula is C19H18F3N3OS. The van der Waals surface area contributed by atoms with Crippen LogP contribution in [0.3, 0.4) is 0 Å². The predicted molar refractivity (Wildman–Crippen MR) is 99.5 cm³/mol. The Bertz CT molecular complexity index is 879. The molecule has 0 atom stereocenters. The zero-order valence-corrected chi connectivity index (χ0v) is 15.1. The van der Waals surface area contributed by atoms with Crippen LogP contribution in [0.4, 0.5) is 30.2 Å². The number of alkyl halides is 3. The summed E-state index contributed by atoms with van der Waals surface area (Å²) >= 11 is 1.27. The number of piperidine rings is 1. The van der Waals surface area contributed by atoms with Crippen molar-refractivity contribution in [3.05, 3.63) is 42.0 Å². The third kappa shape index (κ3) is 3.77. The molecule has 4 rings (SSSR count). The van der Waals surface area contributed by atoms with E-state index in [2.05, 4.69) is 16.0 Å². The quantitative estimate of drug-likeness (QED) is 0.583. The molecule has 8 heteroatoms. The van der Waals surface area contributed by atoms with E-state index in [1.54, 1.807) is 0 Å². The molecule has 142 valence electrons. The molecule has 0 bridgehead atoms. The number of carbonyl (C=O) groups excluding carboxylic acids is 1. The summed E-state index contributed by atoms with van der Waals surface area (Å²) in [6.07, 6.45) is -3.13. The van der Waals surface area contributed by atoms with Gasteiger partial charge in [-0.25, -0.2) is 0 Å². The number of benzene rings is 2. The third-order valence-corrected chi connectivity index (χ3v) is 5.88. The van der Waals surface area contributed by atoms with Gasteiger partial charge in [0.15, 0.2) is 0 Å². The lowest BCUT2D eigenvalue weighted by Gasteiger charge is -2.26. The van der Waals surface area contributed by atoms with Crippen LogP contribution in [0, 0.1) is 5.92 Å². The number of anilines is 3. The van der Waals surface area contributed by atoms with Crippen molar-refractivity contribution in [3.8, 4) is 0 Å². The fraction of sp³-hybridized carbons (Fsp3) is 0.316. The molecule has 2 aliphatic rings. The monoisotopic (exact) mass is 393 g/mol. The summed E-state index contributed by atoms with van der Waals surface area (Å²) in [5.74, 6) is -0.427. The Hall–Kier alpha value is -2.19. The number of amides is 1. The first kappa shape index (κ1) is 18.2. The van der Waals surface area contributed by atoms with Gasteiger partial charge in [0.2, 0.25) is 5.91 Å². The van der Waals surface area contributed by atoms with Gasteiger partial charge in [-0.2, -0.15) is 13.2 Å². The molecule has 1 fully saturated rings. The van der Waals surface area contributed by atoms with Crippen LogP contribution < -0.4 is 16.0 Å². The molecule has 0 unspecified atom stereocenters. The summed E-state index contributed by atoms with van der Waals surface area (Å²) in [6, 6.07) is 9.55. The minimum atomic E-state index is -4.49. The van der Waals surface area contributed by atoms with Crippen molar-refractivity contribution in [2.75, 3.05) is 23.7 Å². The topological polar surface area (TPSA) is 53.2 Å². The molecule has 3 N–H and O–H groups in total. The fourth-order valence-corrected chi connectivity index (χ4v) is 4.38. The minimum Gasteiger partial charge on any atom is -0.352 e. The van der Waals surface area contributed by atoms with Gasteiger partial charge in [0, 0.05) is 15.7 Å². The van der Waals surface area contributed by atoms with Crippen molar-refractivity contribution in [1.82, 2.24) is 5.32 Å². The van der Waals surface area contributed by atoms with Gasteiger partial charge in [-0.05, 0) is 50.2 Å². The van der Waals surface area contributed by atoms with Crippen LogP contribution in [-0.2, 0) is 11.0 Å². The summed E-state index contributed by atoms with van der Waals surface area (Å²) in [4.78, 5) is 13.9. The zero-order valence-electron chi connectivity index (χ0n) is 14.3. The van der Waals surface area contributed by atoms with Crippen LogP contribution in [0.25, 0.3) is 0 Å². The third-order valence-electron chi connectivity index (χ3n) is 4.76. The molecule has 27 heavy (non-hydrogen) atoms. The van der Waals surface area contributed by atoms with E-state index in [1.807, 2.05) is 24.3 Å². The molecule has 2 aliphatic heterocycles. The van der Waals surface area contributed by atoms with Crippen molar-refractivity contribution in [2.24, 2.45) is 5.92 Å². The highest BCUT2D eigenvalue weighted by atomic mass is 32.2. The van der Waals surface area contributed by atoms with Crippen molar-refractivity contribution < 1.29 is 18.0 Å². The average Bonchev–Trinajstić information content (AvgIpc) is 2.66. The maximum absolute atomic E-state index is 13.4. The second kappa shape index (κ2) is 7.09. The largest absolute Gasteiger partial charge is 0.416 e. The fourth-order valence-electron chi connectivity index (χ4n) is 3.32. The highest BCUT2D eigenvalue weighted by Gasteiger charge is 2.34. The number of rotatable bonds is 2. The summed E-state index contributed by atoms with van der Waals surface area (Å²) < 4.78 is 40.1. The van der Waals surface area contributed by atoms with Crippen molar-refractivity contribution in [1.29, 1.82) is 0 Å². The second-order valence-electron chi connectivity index (χ2n) is 6.63. The predicted octanol–water partition coefficient (Wildman–Crippen LogP) is 4.85. The van der Waals surface area contributed by atoms with Gasteiger partial charge in [-0.15, -0.1) is 0 Å². The number of nitrogens with one attached hydrogen (secondary N) is 3. The Morgan fingerprint density at radius 2 is 1.85 bits per heavy atom. The van der Waals surface area contributed by atoms with Crippen LogP contribution in [0.5, 0.6) is 0 Å². The first-order valence-electron chi connectivity index (χ1n) is 8.72. The van der Waals surface area contributed by atoms with E-state index in [0.29, 0.717) is 23.4 Å². The lowest BCUT2D eigenvalue weighted by Crippen LogP contribution is -2.34. The van der Waals surface area contributed by atoms with E-state index >= 15 is 0 Å². The molecule has 4 nitrogen and oxygen atoms in total. The van der Waals surface area contributed by atoms with Crippen molar-refractivity contribution in [2.45, 2.75) is 28.8 Å². The van der Waals surface area contributed by atoms with E-state index in [9.17, 15) is 18.0 Å². The van der Waals surface area contributed by atoms with E-state index in [4.69, 9.17) is 0 Å². The highest BCUT2D eigenvalue weighted by molar-refractivity contribution is 7.99. The van der Waals surface area contributed by atoms with Gasteiger partial charge in [-0.3, -0.25) is 4.79 Å². The van der Waals surface area contributed by atoms with Crippen molar-refractivity contribution in [3.63, 3.8) is 0 Å². The van der Waals surface area contributed by atoms with Gasteiger partial charge in [0.05, 0.1) is 22.6 Å². The Balaban J connectivity index is 1.70. The minimum absolute atomic E-state index is 0.172. The molecule has 0 aliphatic carbocycles. The van der Waals surface area contributed by atoms with E-state index < -0.39 is 11.7 Å². The Kier molecular flexibility index (Phi) is 4.77.